The van der Waals surface area contributed by atoms with Crippen LogP contribution in [-0.4, -0.2) is 18.0 Å². The van der Waals surface area contributed by atoms with E-state index in [1.165, 1.54) is 11.6 Å². The maximum absolute atomic E-state index is 13.3. The van der Waals surface area contributed by atoms with E-state index < -0.39 is 22.4 Å². The highest BCUT2D eigenvalue weighted by Crippen LogP contribution is 2.40. The van der Waals surface area contributed by atoms with Crippen LogP contribution >= 0.6 is 0 Å². The lowest BCUT2D eigenvalue weighted by atomic mass is 9.89. The maximum Gasteiger partial charge on any atom is 0.418 e. The first-order valence-electron chi connectivity index (χ1n) is 8.02. The Morgan fingerprint density at radius 3 is 2.24 bits per heavy atom. The lowest BCUT2D eigenvalue weighted by Crippen LogP contribution is -2.34. The summed E-state index contributed by atoms with van der Waals surface area (Å²) in [5, 5.41) is 10.8. The van der Waals surface area contributed by atoms with Gasteiger partial charge >= 0.3 is 6.18 Å². The Morgan fingerprint density at radius 2 is 1.68 bits per heavy atom. The van der Waals surface area contributed by atoms with Crippen molar-refractivity contribution in [1.29, 1.82) is 0 Å². The van der Waals surface area contributed by atoms with E-state index in [1.807, 2.05) is 30.3 Å². The molecule has 0 aromatic heterocycles. The summed E-state index contributed by atoms with van der Waals surface area (Å²) >= 11 is 0. The molecule has 0 amide bonds. The number of piperidine rings is 1. The smallest absolute Gasteiger partial charge is 0.371 e. The molecule has 1 fully saturated rings. The van der Waals surface area contributed by atoms with Crippen molar-refractivity contribution in [3.05, 3.63) is 69.8 Å². The van der Waals surface area contributed by atoms with E-state index in [0.29, 0.717) is 25.1 Å². The molecular formula is C18H17F3N2O2. The van der Waals surface area contributed by atoms with Gasteiger partial charge in [0, 0.05) is 30.9 Å². The highest BCUT2D eigenvalue weighted by molar-refractivity contribution is 5.59. The molecule has 132 valence electrons. The Balaban J connectivity index is 1.82. The van der Waals surface area contributed by atoms with Crippen LogP contribution in [0.4, 0.5) is 24.5 Å². The van der Waals surface area contributed by atoms with Gasteiger partial charge in [-0.25, -0.2) is 0 Å². The Bertz CT molecular complexity index is 755. The average molecular weight is 350 g/mol. The van der Waals surface area contributed by atoms with Crippen molar-refractivity contribution in [2.24, 2.45) is 0 Å². The number of hydrogen-bond acceptors (Lipinski definition) is 3. The number of alkyl halides is 3. The Morgan fingerprint density at radius 1 is 1.04 bits per heavy atom. The van der Waals surface area contributed by atoms with Crippen molar-refractivity contribution in [3.8, 4) is 0 Å². The van der Waals surface area contributed by atoms with Gasteiger partial charge in [-0.1, -0.05) is 30.3 Å². The summed E-state index contributed by atoms with van der Waals surface area (Å²) < 4.78 is 40.0. The van der Waals surface area contributed by atoms with Gasteiger partial charge in [0.25, 0.3) is 5.69 Å². The zero-order chi connectivity index (χ0) is 18.0. The predicted octanol–water partition coefficient (Wildman–Crippen LogP) is 5.00. The van der Waals surface area contributed by atoms with Crippen LogP contribution in [0, 0.1) is 10.1 Å². The second-order valence-electron chi connectivity index (χ2n) is 6.13. The van der Waals surface area contributed by atoms with E-state index >= 15 is 0 Å². The van der Waals surface area contributed by atoms with Crippen LogP contribution in [0.3, 0.4) is 0 Å². The van der Waals surface area contributed by atoms with Crippen LogP contribution in [0.25, 0.3) is 0 Å². The largest absolute Gasteiger partial charge is 0.418 e. The first-order valence-corrected chi connectivity index (χ1v) is 8.02. The summed E-state index contributed by atoms with van der Waals surface area (Å²) in [5.74, 6) is 0.324. The zero-order valence-corrected chi connectivity index (χ0v) is 13.4. The Hall–Kier alpha value is -2.57. The minimum absolute atomic E-state index is 0.0182. The molecule has 1 saturated heterocycles. The number of hydrogen-bond donors (Lipinski definition) is 0. The number of nitro groups is 1. The molecule has 4 nitrogen and oxygen atoms in total. The van der Waals surface area contributed by atoms with Crippen LogP contribution in [0.2, 0.25) is 0 Å². The van der Waals surface area contributed by atoms with Gasteiger partial charge in [0.05, 0.1) is 10.5 Å². The minimum atomic E-state index is -4.63. The van der Waals surface area contributed by atoms with Crippen molar-refractivity contribution in [3.63, 3.8) is 0 Å². The third kappa shape index (κ3) is 3.75. The molecule has 1 heterocycles. The molecule has 0 saturated carbocycles. The monoisotopic (exact) mass is 350 g/mol. The molecule has 0 atom stereocenters. The average Bonchev–Trinajstić information content (AvgIpc) is 2.61. The number of non-ortho nitro benzene ring substituents is 1. The summed E-state index contributed by atoms with van der Waals surface area (Å²) in [5.41, 5.74) is -0.276. The van der Waals surface area contributed by atoms with E-state index in [4.69, 9.17) is 0 Å². The van der Waals surface area contributed by atoms with Crippen LogP contribution in [0.5, 0.6) is 0 Å². The highest BCUT2D eigenvalue weighted by Gasteiger charge is 2.37. The fourth-order valence-corrected chi connectivity index (χ4v) is 3.32. The van der Waals surface area contributed by atoms with Gasteiger partial charge in [0.1, 0.15) is 0 Å². The van der Waals surface area contributed by atoms with E-state index in [-0.39, 0.29) is 5.69 Å². The third-order valence-corrected chi connectivity index (χ3v) is 4.60. The molecule has 3 rings (SSSR count). The maximum atomic E-state index is 13.3. The van der Waals surface area contributed by atoms with Crippen LogP contribution in [0.1, 0.15) is 29.9 Å². The van der Waals surface area contributed by atoms with Gasteiger partial charge in [-0.05, 0) is 30.4 Å². The SMILES string of the molecule is O=[N+]([O-])c1ccc(N2CCC(c3ccccc3)CC2)c(C(F)(F)F)c1. The molecule has 2 aromatic rings. The summed E-state index contributed by atoms with van der Waals surface area (Å²) in [7, 11) is 0. The molecule has 2 aromatic carbocycles. The molecule has 0 unspecified atom stereocenters. The lowest BCUT2D eigenvalue weighted by molar-refractivity contribution is -0.385. The first-order chi connectivity index (χ1) is 11.9. The van der Waals surface area contributed by atoms with E-state index in [9.17, 15) is 23.3 Å². The summed E-state index contributed by atoms with van der Waals surface area (Å²) in [6.45, 7) is 0.973. The second kappa shape index (κ2) is 6.74. The number of anilines is 1. The summed E-state index contributed by atoms with van der Waals surface area (Å²) in [6, 6.07) is 12.9. The van der Waals surface area contributed by atoms with Gasteiger partial charge in [-0.2, -0.15) is 13.2 Å². The predicted molar refractivity (Wildman–Crippen MR) is 88.7 cm³/mol. The summed E-state index contributed by atoms with van der Waals surface area (Å²) in [4.78, 5) is 11.7. The number of nitrogens with zero attached hydrogens (tertiary/aromatic N) is 2. The van der Waals surface area contributed by atoms with E-state index in [1.54, 1.807) is 4.90 Å². The normalized spacial score (nSPS) is 16.0. The molecule has 0 N–H and O–H groups in total. The van der Waals surface area contributed by atoms with Crippen molar-refractivity contribution in [2.45, 2.75) is 24.9 Å². The first kappa shape index (κ1) is 17.3. The van der Waals surface area contributed by atoms with Crippen molar-refractivity contribution < 1.29 is 18.1 Å². The Labute approximate surface area is 143 Å². The second-order valence-corrected chi connectivity index (χ2v) is 6.13. The highest BCUT2D eigenvalue weighted by atomic mass is 19.4. The quantitative estimate of drug-likeness (QED) is 0.578. The van der Waals surface area contributed by atoms with Gasteiger partial charge in [-0.15, -0.1) is 0 Å². The molecule has 1 aliphatic heterocycles. The van der Waals surface area contributed by atoms with Crippen molar-refractivity contribution in [1.82, 2.24) is 0 Å². The number of benzene rings is 2. The van der Waals surface area contributed by atoms with Crippen LogP contribution < -0.4 is 4.90 Å². The molecule has 0 aliphatic carbocycles. The van der Waals surface area contributed by atoms with Gasteiger partial charge in [0.15, 0.2) is 0 Å². The van der Waals surface area contributed by atoms with Crippen LogP contribution in [0.15, 0.2) is 48.5 Å². The lowest BCUT2D eigenvalue weighted by Gasteiger charge is -2.35. The fourth-order valence-electron chi connectivity index (χ4n) is 3.32. The zero-order valence-electron chi connectivity index (χ0n) is 13.4. The molecule has 25 heavy (non-hydrogen) atoms. The van der Waals surface area contributed by atoms with E-state index in [0.717, 1.165) is 18.9 Å². The molecule has 0 radical (unpaired) electrons. The Kier molecular flexibility index (Phi) is 4.65. The van der Waals surface area contributed by atoms with E-state index in [2.05, 4.69) is 0 Å². The molecule has 7 heteroatoms. The van der Waals surface area contributed by atoms with Crippen LogP contribution in [-0.2, 0) is 6.18 Å². The molecular weight excluding hydrogens is 333 g/mol. The minimum Gasteiger partial charge on any atom is -0.371 e. The van der Waals surface area contributed by atoms with Crippen molar-refractivity contribution in [2.75, 3.05) is 18.0 Å². The van der Waals surface area contributed by atoms with Crippen molar-refractivity contribution >= 4 is 11.4 Å². The number of nitro benzene ring substituents is 1. The van der Waals surface area contributed by atoms with Gasteiger partial charge in [0.2, 0.25) is 0 Å². The molecule has 0 spiro atoms. The topological polar surface area (TPSA) is 46.4 Å². The summed E-state index contributed by atoms with van der Waals surface area (Å²) in [6.07, 6.45) is -3.13. The fraction of sp³-hybridized carbons (Fsp3) is 0.333. The van der Waals surface area contributed by atoms with Gasteiger partial charge in [-0.3, -0.25) is 10.1 Å². The standard InChI is InChI=1S/C18H17F3N2O2/c19-18(20,21)16-12-15(23(24)25)6-7-17(16)22-10-8-14(9-11-22)13-4-2-1-3-5-13/h1-7,12,14H,8-11H2. The third-order valence-electron chi connectivity index (χ3n) is 4.60. The molecule has 0 bridgehead atoms. The number of rotatable bonds is 3. The number of halogens is 3. The molecule has 1 aliphatic rings. The van der Waals surface area contributed by atoms with Gasteiger partial charge < -0.3 is 4.90 Å².